The standard InChI is InChI=1S/C23H27N3O2/c1-17(18-8-4-3-5-9-18)25(2)22(27)16-26-14-12-19(13-15-26)23-24-20-10-6-7-11-21(20)28-23/h3-11,17,19H,12-16H2,1-2H3. The van der Waals surface area contributed by atoms with E-state index < -0.39 is 0 Å². The number of hydrogen-bond acceptors (Lipinski definition) is 4. The Morgan fingerprint density at radius 1 is 1.14 bits per heavy atom. The van der Waals surface area contributed by atoms with Crippen LogP contribution in [0.1, 0.15) is 43.2 Å². The molecule has 0 bridgehead atoms. The maximum atomic E-state index is 12.7. The maximum absolute atomic E-state index is 12.7. The topological polar surface area (TPSA) is 49.6 Å². The third kappa shape index (κ3) is 3.94. The summed E-state index contributed by atoms with van der Waals surface area (Å²) in [6.45, 7) is 4.33. The third-order valence-corrected chi connectivity index (χ3v) is 5.86. The zero-order valence-corrected chi connectivity index (χ0v) is 16.5. The first-order valence-corrected chi connectivity index (χ1v) is 10.0. The molecule has 2 aromatic carbocycles. The van der Waals surface area contributed by atoms with Gasteiger partial charge in [0.05, 0.1) is 12.6 Å². The van der Waals surface area contributed by atoms with Gasteiger partial charge >= 0.3 is 0 Å². The van der Waals surface area contributed by atoms with Gasteiger partial charge in [-0.1, -0.05) is 42.5 Å². The molecule has 1 aliphatic heterocycles. The van der Waals surface area contributed by atoms with Gasteiger partial charge in [-0.3, -0.25) is 9.69 Å². The molecular weight excluding hydrogens is 350 g/mol. The van der Waals surface area contributed by atoms with Crippen LogP contribution in [0.2, 0.25) is 0 Å². The molecule has 0 aliphatic carbocycles. The molecule has 3 aromatic rings. The van der Waals surface area contributed by atoms with Crippen LogP contribution in [0.15, 0.2) is 59.0 Å². The number of nitrogens with zero attached hydrogens (tertiary/aromatic N) is 3. The molecule has 1 aromatic heterocycles. The number of carbonyl (C=O) groups excluding carboxylic acids is 1. The fourth-order valence-corrected chi connectivity index (χ4v) is 3.88. The second-order valence-corrected chi connectivity index (χ2v) is 7.66. The monoisotopic (exact) mass is 377 g/mol. The molecule has 0 N–H and O–H groups in total. The van der Waals surface area contributed by atoms with Crippen molar-refractivity contribution < 1.29 is 9.21 Å². The van der Waals surface area contributed by atoms with E-state index in [2.05, 4.69) is 28.9 Å². The lowest BCUT2D eigenvalue weighted by atomic mass is 9.97. The van der Waals surface area contributed by atoms with Crippen LogP contribution in [0, 0.1) is 0 Å². The van der Waals surface area contributed by atoms with Crippen molar-refractivity contribution in [3.8, 4) is 0 Å². The van der Waals surface area contributed by atoms with Crippen molar-refractivity contribution in [2.75, 3.05) is 26.7 Å². The summed E-state index contributed by atoms with van der Waals surface area (Å²) >= 11 is 0. The van der Waals surface area contributed by atoms with Crippen molar-refractivity contribution in [1.82, 2.24) is 14.8 Å². The zero-order chi connectivity index (χ0) is 19.5. The molecule has 1 aliphatic rings. The predicted molar refractivity (Wildman–Crippen MR) is 110 cm³/mol. The van der Waals surface area contributed by atoms with Crippen molar-refractivity contribution in [1.29, 1.82) is 0 Å². The molecular formula is C23H27N3O2. The fraction of sp³-hybridized carbons (Fsp3) is 0.391. The van der Waals surface area contributed by atoms with E-state index in [-0.39, 0.29) is 11.9 Å². The van der Waals surface area contributed by atoms with Crippen molar-refractivity contribution in [3.05, 3.63) is 66.1 Å². The Hall–Kier alpha value is -2.66. The predicted octanol–water partition coefficient (Wildman–Crippen LogP) is 4.23. The molecule has 1 fully saturated rings. The molecule has 4 rings (SSSR count). The molecule has 28 heavy (non-hydrogen) atoms. The molecule has 0 spiro atoms. The normalized spacial score (nSPS) is 16.9. The number of benzene rings is 2. The minimum atomic E-state index is 0.0750. The summed E-state index contributed by atoms with van der Waals surface area (Å²) < 4.78 is 5.94. The van der Waals surface area contributed by atoms with E-state index in [4.69, 9.17) is 4.42 Å². The minimum Gasteiger partial charge on any atom is -0.440 e. The average Bonchev–Trinajstić information content (AvgIpc) is 3.18. The van der Waals surface area contributed by atoms with E-state index in [1.54, 1.807) is 0 Å². The second kappa shape index (κ2) is 8.15. The van der Waals surface area contributed by atoms with Crippen molar-refractivity contribution in [2.24, 2.45) is 0 Å². The third-order valence-electron chi connectivity index (χ3n) is 5.86. The van der Waals surface area contributed by atoms with E-state index in [1.165, 1.54) is 0 Å². The zero-order valence-electron chi connectivity index (χ0n) is 16.5. The molecule has 0 saturated carbocycles. The molecule has 0 radical (unpaired) electrons. The first-order valence-electron chi connectivity index (χ1n) is 10.0. The summed E-state index contributed by atoms with van der Waals surface area (Å²) in [5, 5.41) is 0. The van der Waals surface area contributed by atoms with Crippen molar-refractivity contribution in [2.45, 2.75) is 31.7 Å². The molecule has 1 atom stereocenters. The van der Waals surface area contributed by atoms with Gasteiger partial charge in [0.15, 0.2) is 11.5 Å². The summed E-state index contributed by atoms with van der Waals surface area (Å²) in [4.78, 5) is 21.5. The number of amides is 1. The molecule has 5 nitrogen and oxygen atoms in total. The molecule has 2 heterocycles. The van der Waals surface area contributed by atoms with E-state index >= 15 is 0 Å². The Labute approximate surface area is 166 Å². The summed E-state index contributed by atoms with van der Waals surface area (Å²) in [5.41, 5.74) is 2.94. The van der Waals surface area contributed by atoms with E-state index in [0.29, 0.717) is 12.5 Å². The first-order chi connectivity index (χ1) is 13.6. The summed E-state index contributed by atoms with van der Waals surface area (Å²) in [5.74, 6) is 1.33. The summed E-state index contributed by atoms with van der Waals surface area (Å²) in [6.07, 6.45) is 1.94. The van der Waals surface area contributed by atoms with Gasteiger partial charge in [0, 0.05) is 13.0 Å². The SMILES string of the molecule is CC(c1ccccc1)N(C)C(=O)CN1CCC(c2nc3ccccc3o2)CC1. The lowest BCUT2D eigenvalue weighted by Gasteiger charge is -2.32. The van der Waals surface area contributed by atoms with Gasteiger partial charge in [-0.2, -0.15) is 0 Å². The van der Waals surface area contributed by atoms with Gasteiger partial charge in [-0.25, -0.2) is 4.98 Å². The van der Waals surface area contributed by atoms with E-state index in [1.807, 2.05) is 54.4 Å². The van der Waals surface area contributed by atoms with Crippen LogP contribution >= 0.6 is 0 Å². The highest BCUT2D eigenvalue weighted by molar-refractivity contribution is 5.78. The number of likely N-dealkylation sites (tertiary alicyclic amines) is 1. The Balaban J connectivity index is 1.32. The Kier molecular flexibility index (Phi) is 5.44. The summed E-state index contributed by atoms with van der Waals surface area (Å²) in [7, 11) is 1.89. The second-order valence-electron chi connectivity index (χ2n) is 7.66. The molecule has 1 saturated heterocycles. The Bertz CT molecular complexity index is 896. The van der Waals surface area contributed by atoms with Crippen molar-refractivity contribution >= 4 is 17.0 Å². The minimum absolute atomic E-state index is 0.0750. The number of piperidine rings is 1. The number of aromatic nitrogens is 1. The smallest absolute Gasteiger partial charge is 0.236 e. The lowest BCUT2D eigenvalue weighted by Crippen LogP contribution is -2.42. The highest BCUT2D eigenvalue weighted by Gasteiger charge is 2.27. The number of fused-ring (bicyclic) bond motifs is 1. The van der Waals surface area contributed by atoms with Gasteiger partial charge in [0.2, 0.25) is 5.91 Å². The molecule has 146 valence electrons. The summed E-state index contributed by atoms with van der Waals surface area (Å²) in [6, 6.07) is 18.1. The van der Waals surface area contributed by atoms with Gasteiger partial charge in [-0.15, -0.1) is 0 Å². The highest BCUT2D eigenvalue weighted by Crippen LogP contribution is 2.30. The average molecular weight is 377 g/mol. The van der Waals surface area contributed by atoms with Gasteiger partial charge in [0.1, 0.15) is 5.52 Å². The first kappa shape index (κ1) is 18.7. The molecule has 5 heteroatoms. The lowest BCUT2D eigenvalue weighted by molar-refractivity contribution is -0.133. The fourth-order valence-electron chi connectivity index (χ4n) is 3.88. The number of para-hydroxylation sites is 2. The van der Waals surface area contributed by atoms with Crippen LogP contribution in [0.4, 0.5) is 0 Å². The number of rotatable bonds is 5. The molecule has 1 amide bonds. The van der Waals surface area contributed by atoms with Gasteiger partial charge in [0.25, 0.3) is 0 Å². The highest BCUT2D eigenvalue weighted by atomic mass is 16.3. The quantitative estimate of drug-likeness (QED) is 0.668. The van der Waals surface area contributed by atoms with Crippen LogP contribution in [-0.2, 0) is 4.79 Å². The van der Waals surface area contributed by atoms with Crippen LogP contribution in [0.5, 0.6) is 0 Å². The van der Waals surface area contributed by atoms with Crippen molar-refractivity contribution in [3.63, 3.8) is 0 Å². The van der Waals surface area contributed by atoms with Gasteiger partial charge < -0.3 is 9.32 Å². The Morgan fingerprint density at radius 3 is 2.54 bits per heavy atom. The van der Waals surface area contributed by atoms with E-state index in [0.717, 1.165) is 48.5 Å². The van der Waals surface area contributed by atoms with Gasteiger partial charge in [-0.05, 0) is 50.6 Å². The number of oxazole rings is 1. The van der Waals surface area contributed by atoms with Crippen LogP contribution in [0.25, 0.3) is 11.1 Å². The number of likely N-dealkylation sites (N-methyl/N-ethyl adjacent to an activating group) is 1. The largest absolute Gasteiger partial charge is 0.440 e. The Morgan fingerprint density at radius 2 is 1.82 bits per heavy atom. The van der Waals surface area contributed by atoms with E-state index in [9.17, 15) is 4.79 Å². The van der Waals surface area contributed by atoms with Crippen LogP contribution < -0.4 is 0 Å². The maximum Gasteiger partial charge on any atom is 0.236 e. The number of carbonyl (C=O) groups is 1. The van der Waals surface area contributed by atoms with Crippen LogP contribution in [-0.4, -0.2) is 47.4 Å². The number of hydrogen-bond donors (Lipinski definition) is 0. The molecule has 1 unspecified atom stereocenters. The van der Waals surface area contributed by atoms with Crippen LogP contribution in [0.3, 0.4) is 0 Å².